The van der Waals surface area contributed by atoms with Crippen molar-refractivity contribution in [3.8, 4) is 0 Å². The predicted octanol–water partition coefficient (Wildman–Crippen LogP) is -0.278. The Morgan fingerprint density at radius 1 is 1.32 bits per heavy atom. The highest BCUT2D eigenvalue weighted by Crippen LogP contribution is 2.33. The first kappa shape index (κ1) is 21.0. The van der Waals surface area contributed by atoms with Crippen molar-refractivity contribution in [2.45, 2.75) is 32.3 Å². The minimum Gasteiger partial charge on any atom is -0.478 e. The number of aromatic nitrogens is 1. The summed E-state index contributed by atoms with van der Waals surface area (Å²) >= 11 is 0. The predicted molar refractivity (Wildman–Crippen MR) is 91.5 cm³/mol. The summed E-state index contributed by atoms with van der Waals surface area (Å²) in [7, 11) is 0. The van der Waals surface area contributed by atoms with E-state index in [0.717, 1.165) is 6.08 Å². The molecule has 1 aromatic heterocycles. The van der Waals surface area contributed by atoms with E-state index in [4.69, 9.17) is 25.1 Å². The number of amides is 1. The van der Waals surface area contributed by atoms with Crippen LogP contribution in [0.3, 0.4) is 0 Å². The van der Waals surface area contributed by atoms with Crippen LogP contribution in [-0.4, -0.2) is 47.7 Å². The molecule has 0 spiro atoms. The normalized spacial score (nSPS) is 24.1. The third-order valence-corrected chi connectivity index (χ3v) is 4.15. The van der Waals surface area contributed by atoms with Crippen molar-refractivity contribution >= 4 is 23.8 Å². The number of ether oxygens (including phenoxy) is 3. The third-order valence-electron chi connectivity index (χ3n) is 4.15. The Morgan fingerprint density at radius 2 is 2.04 bits per heavy atom. The number of primary amides is 1. The van der Waals surface area contributed by atoms with Crippen LogP contribution >= 0.6 is 0 Å². The van der Waals surface area contributed by atoms with Gasteiger partial charge in [-0.2, -0.15) is 4.57 Å². The lowest BCUT2D eigenvalue weighted by atomic mass is 10.0. The summed E-state index contributed by atoms with van der Waals surface area (Å²) in [5.41, 5.74) is 5.54. The molecular weight excluding hydrogens is 372 g/mol. The average Bonchev–Trinajstić information content (AvgIpc) is 2.93. The fourth-order valence-corrected chi connectivity index (χ4v) is 2.79. The highest BCUT2D eigenvalue weighted by atomic mass is 16.6. The van der Waals surface area contributed by atoms with Crippen molar-refractivity contribution in [3.63, 3.8) is 0 Å². The van der Waals surface area contributed by atoms with Crippen LogP contribution in [0.1, 0.15) is 30.4 Å². The van der Waals surface area contributed by atoms with Crippen molar-refractivity contribution < 1.29 is 43.1 Å². The largest absolute Gasteiger partial charge is 0.478 e. The summed E-state index contributed by atoms with van der Waals surface area (Å²) in [6.07, 6.45) is 2.46. The van der Waals surface area contributed by atoms with E-state index in [2.05, 4.69) is 0 Å². The van der Waals surface area contributed by atoms with Gasteiger partial charge in [0.05, 0.1) is 0 Å². The van der Waals surface area contributed by atoms with Crippen LogP contribution in [-0.2, 0) is 28.6 Å². The summed E-state index contributed by atoms with van der Waals surface area (Å²) in [6, 6.07) is 3.13. The van der Waals surface area contributed by atoms with Crippen LogP contribution in [0.2, 0.25) is 0 Å². The van der Waals surface area contributed by atoms with Gasteiger partial charge in [0.1, 0.15) is 18.3 Å². The van der Waals surface area contributed by atoms with Crippen LogP contribution in [0.4, 0.5) is 0 Å². The quantitative estimate of drug-likeness (QED) is 0.365. The van der Waals surface area contributed by atoms with Gasteiger partial charge in [-0.05, 0) is 6.07 Å². The van der Waals surface area contributed by atoms with Crippen molar-refractivity contribution in [2.75, 3.05) is 6.61 Å². The highest BCUT2D eigenvalue weighted by molar-refractivity contribution is 5.92. The zero-order valence-corrected chi connectivity index (χ0v) is 15.3. The molecule has 0 radical (unpaired) electrons. The Balaban J connectivity index is 2.17. The molecule has 1 fully saturated rings. The Labute approximate surface area is 160 Å². The number of pyridine rings is 1. The number of nitrogens with zero attached hydrogens (tertiary/aromatic N) is 1. The number of hydrogen-bond donors (Lipinski definition) is 2. The molecule has 1 aliphatic heterocycles. The fraction of sp³-hybridized carbons (Fsp3) is 0.389. The number of carboxylic acid groups (broad SMARTS) is 1. The van der Waals surface area contributed by atoms with Gasteiger partial charge in [0, 0.05) is 31.1 Å². The zero-order chi connectivity index (χ0) is 20.8. The van der Waals surface area contributed by atoms with Crippen LogP contribution < -0.4 is 10.3 Å². The van der Waals surface area contributed by atoms with E-state index in [1.165, 1.54) is 19.2 Å². The van der Waals surface area contributed by atoms with Gasteiger partial charge in [-0.25, -0.2) is 9.59 Å². The van der Waals surface area contributed by atoms with Crippen LogP contribution in [0.5, 0.6) is 0 Å². The smallest absolute Gasteiger partial charge is 0.331 e. The third kappa shape index (κ3) is 5.36. The summed E-state index contributed by atoms with van der Waals surface area (Å²) < 4.78 is 17.8. The van der Waals surface area contributed by atoms with Gasteiger partial charge in [0.25, 0.3) is 5.91 Å². The SMILES string of the molecule is CC(=O)OC1[C@H]([n+]2cccc(C(N)=O)c2)O[C@H](COC(=O)/C=C/C(=O)O)[C@H]1C. The first-order chi connectivity index (χ1) is 13.2. The lowest BCUT2D eigenvalue weighted by molar-refractivity contribution is -0.765. The summed E-state index contributed by atoms with van der Waals surface area (Å²) in [5, 5.41) is 8.52. The van der Waals surface area contributed by atoms with E-state index in [1.54, 1.807) is 23.8 Å². The maximum atomic E-state index is 11.6. The van der Waals surface area contributed by atoms with Crippen molar-refractivity contribution in [3.05, 3.63) is 42.2 Å². The monoisotopic (exact) mass is 393 g/mol. The van der Waals surface area contributed by atoms with E-state index in [-0.39, 0.29) is 18.1 Å². The van der Waals surface area contributed by atoms with Gasteiger partial charge < -0.3 is 25.1 Å². The molecule has 1 aliphatic rings. The summed E-state index contributed by atoms with van der Waals surface area (Å²) in [6.45, 7) is 2.85. The van der Waals surface area contributed by atoms with Crippen molar-refractivity contribution in [1.82, 2.24) is 0 Å². The van der Waals surface area contributed by atoms with Crippen molar-refractivity contribution in [1.29, 1.82) is 0 Å². The molecular formula is C18H21N2O8+. The Morgan fingerprint density at radius 3 is 2.64 bits per heavy atom. The average molecular weight is 393 g/mol. The molecule has 0 saturated carbocycles. The first-order valence-electron chi connectivity index (χ1n) is 8.40. The minimum atomic E-state index is -1.27. The Hall–Kier alpha value is -3.27. The van der Waals surface area contributed by atoms with Crippen molar-refractivity contribution in [2.24, 2.45) is 11.7 Å². The molecule has 10 nitrogen and oxygen atoms in total. The van der Waals surface area contributed by atoms with E-state index in [9.17, 15) is 19.2 Å². The van der Waals surface area contributed by atoms with E-state index in [1.807, 2.05) is 0 Å². The maximum absolute atomic E-state index is 11.6. The molecule has 0 bridgehead atoms. The second kappa shape index (κ2) is 9.09. The van der Waals surface area contributed by atoms with Gasteiger partial charge in [0.2, 0.25) is 0 Å². The molecule has 10 heteroatoms. The van der Waals surface area contributed by atoms with Gasteiger partial charge in [-0.15, -0.1) is 0 Å². The van der Waals surface area contributed by atoms with Crippen LogP contribution in [0, 0.1) is 5.92 Å². The van der Waals surface area contributed by atoms with Gasteiger partial charge in [-0.3, -0.25) is 9.59 Å². The van der Waals surface area contributed by atoms with Crippen LogP contribution in [0.25, 0.3) is 0 Å². The number of carboxylic acids is 1. The lowest BCUT2D eigenvalue weighted by Crippen LogP contribution is -2.46. The summed E-state index contributed by atoms with van der Waals surface area (Å²) in [5.74, 6) is -3.61. The number of rotatable bonds is 7. The molecule has 1 unspecified atom stereocenters. The minimum absolute atomic E-state index is 0.172. The number of aliphatic carboxylic acids is 1. The molecule has 0 aromatic carbocycles. The number of esters is 2. The zero-order valence-electron chi connectivity index (χ0n) is 15.3. The first-order valence-corrected chi connectivity index (χ1v) is 8.40. The number of hydrogen-bond acceptors (Lipinski definition) is 7. The molecule has 150 valence electrons. The molecule has 1 amide bonds. The summed E-state index contributed by atoms with van der Waals surface area (Å²) in [4.78, 5) is 44.9. The van der Waals surface area contributed by atoms with E-state index in [0.29, 0.717) is 6.08 Å². The van der Waals surface area contributed by atoms with Crippen LogP contribution in [0.15, 0.2) is 36.7 Å². The topological polar surface area (TPSA) is 146 Å². The molecule has 2 heterocycles. The maximum Gasteiger partial charge on any atom is 0.331 e. The molecule has 1 aromatic rings. The highest BCUT2D eigenvalue weighted by Gasteiger charge is 2.50. The fourth-order valence-electron chi connectivity index (χ4n) is 2.79. The molecule has 3 N–H and O–H groups in total. The Bertz CT molecular complexity index is 807. The molecule has 4 atom stereocenters. The van der Waals surface area contributed by atoms with Gasteiger partial charge in [-0.1, -0.05) is 6.92 Å². The lowest BCUT2D eigenvalue weighted by Gasteiger charge is -2.17. The number of nitrogens with two attached hydrogens (primary N) is 1. The van der Waals surface area contributed by atoms with Gasteiger partial charge in [0.15, 0.2) is 18.5 Å². The standard InChI is InChI=1S/C18H20N2O8/c1-10-13(9-26-15(24)6-5-14(22)23)28-18(16(10)27-11(2)21)20-7-3-4-12(8-20)17(19)25/h3-8,10,13,16,18H,9H2,1-2H3,(H2-,19,22,23,25)/p+1/b6-5+/t10-,13-,16?,18-/m1/s1. The molecule has 1 saturated heterocycles. The molecule has 28 heavy (non-hydrogen) atoms. The van der Waals surface area contributed by atoms with Gasteiger partial charge >= 0.3 is 24.1 Å². The number of carbonyl (C=O) groups excluding carboxylic acids is 3. The van der Waals surface area contributed by atoms with E-state index < -0.39 is 42.3 Å². The molecule has 0 aliphatic carbocycles. The number of carbonyl (C=O) groups is 4. The second-order valence-electron chi connectivity index (χ2n) is 6.20. The molecule has 2 rings (SSSR count). The van der Waals surface area contributed by atoms with E-state index >= 15 is 0 Å². The Kier molecular flexibility index (Phi) is 6.83. The second-order valence-corrected chi connectivity index (χ2v) is 6.20.